The van der Waals surface area contributed by atoms with E-state index in [1.165, 1.54) is 19.1 Å². The number of nitrogens with zero attached hydrogens (tertiary/aromatic N) is 1. The molecule has 18 heavy (non-hydrogen) atoms. The number of hydrogen-bond acceptors (Lipinski definition) is 3. The van der Waals surface area contributed by atoms with Crippen LogP contribution in [0, 0.1) is 0 Å². The molecule has 1 aromatic rings. The maximum Gasteiger partial charge on any atom is 0.242 e. The molecule has 0 aliphatic carbocycles. The second-order valence-electron chi connectivity index (χ2n) is 3.33. The number of rotatable bonds is 5. The quantitative estimate of drug-likeness (QED) is 0.780. The van der Waals surface area contributed by atoms with Crippen molar-refractivity contribution in [3.63, 3.8) is 0 Å². The number of carbonyl (C=O) groups excluding carboxylic acids is 1. The summed E-state index contributed by atoms with van der Waals surface area (Å²) >= 11 is 17.1. The van der Waals surface area contributed by atoms with E-state index in [-0.39, 0.29) is 21.5 Å². The van der Waals surface area contributed by atoms with Gasteiger partial charge in [0.1, 0.15) is 6.54 Å². The van der Waals surface area contributed by atoms with E-state index < -0.39 is 21.8 Å². The van der Waals surface area contributed by atoms with Crippen LogP contribution in [0.1, 0.15) is 6.92 Å². The predicted molar refractivity (Wildman–Crippen MR) is 74.1 cm³/mol. The Labute approximate surface area is 120 Å². The van der Waals surface area contributed by atoms with Crippen LogP contribution in [0.2, 0.25) is 10.0 Å². The molecule has 0 N–H and O–H groups in total. The third-order valence-electron chi connectivity index (χ3n) is 2.16. The molecule has 0 aromatic heterocycles. The molecule has 0 amide bonds. The smallest absolute Gasteiger partial charge is 0.242 e. The Morgan fingerprint density at radius 1 is 1.28 bits per heavy atom. The molecule has 0 fully saturated rings. The lowest BCUT2D eigenvalue weighted by molar-refractivity contribution is -0.110. The van der Waals surface area contributed by atoms with Gasteiger partial charge < -0.3 is 0 Å². The summed E-state index contributed by atoms with van der Waals surface area (Å²) in [6, 6.07) is 4.55. The van der Waals surface area contributed by atoms with Crippen molar-refractivity contribution in [2.24, 2.45) is 0 Å². The Bertz CT molecular complexity index is 539. The fourth-order valence-corrected chi connectivity index (χ4v) is 3.31. The van der Waals surface area contributed by atoms with Gasteiger partial charge in [-0.2, -0.15) is 0 Å². The molecule has 0 heterocycles. The molecule has 0 radical (unpaired) electrons. The second kappa shape index (κ2) is 6.10. The molecule has 0 bridgehead atoms. The van der Waals surface area contributed by atoms with Crippen LogP contribution in [-0.2, 0) is 14.8 Å². The molecule has 0 aliphatic rings. The zero-order valence-corrected chi connectivity index (χ0v) is 12.4. The summed E-state index contributed by atoms with van der Waals surface area (Å²) < 4.78 is 24.7. The number of hydrogen-bond donors (Lipinski definition) is 0. The largest absolute Gasteiger partial charge is 0.279 e. The predicted octanol–water partition coefficient (Wildman–Crippen LogP) is 2.91. The van der Waals surface area contributed by atoms with Crippen LogP contribution in [0.3, 0.4) is 0 Å². The van der Waals surface area contributed by atoms with Crippen molar-refractivity contribution in [2.45, 2.75) is 6.92 Å². The van der Waals surface area contributed by atoms with Gasteiger partial charge in [-0.05, 0) is 30.7 Å². The molecule has 1 rings (SSSR count). The van der Waals surface area contributed by atoms with Gasteiger partial charge in [0.05, 0.1) is 21.5 Å². The van der Waals surface area contributed by atoms with Crippen molar-refractivity contribution in [1.82, 2.24) is 0 Å². The number of carbonyl (C=O) groups is 1. The van der Waals surface area contributed by atoms with Gasteiger partial charge in [-0.3, -0.25) is 9.10 Å². The average molecular weight is 331 g/mol. The highest BCUT2D eigenvalue weighted by molar-refractivity contribution is 7.92. The highest BCUT2D eigenvalue weighted by Crippen LogP contribution is 2.35. The molecule has 0 saturated heterocycles. The van der Waals surface area contributed by atoms with E-state index in [9.17, 15) is 13.2 Å². The summed E-state index contributed by atoms with van der Waals surface area (Å²) in [6.07, 6.45) is 0. The number of halogens is 3. The van der Waals surface area contributed by atoms with E-state index in [0.29, 0.717) is 0 Å². The molecule has 0 saturated carbocycles. The summed E-state index contributed by atoms with van der Waals surface area (Å²) in [5.74, 6) is -0.196. The van der Waals surface area contributed by atoms with Gasteiger partial charge in [0, 0.05) is 0 Å². The number of para-hydroxylation sites is 1. The zero-order valence-electron chi connectivity index (χ0n) is 9.36. The zero-order chi connectivity index (χ0) is 13.9. The molecule has 4 nitrogen and oxygen atoms in total. The maximum absolute atomic E-state index is 11.9. The molecule has 0 unspecified atom stereocenters. The van der Waals surface area contributed by atoms with Gasteiger partial charge in [-0.1, -0.05) is 29.3 Å². The number of sulfonamides is 1. The molecule has 0 atom stereocenters. The van der Waals surface area contributed by atoms with Gasteiger partial charge in [-0.25, -0.2) is 8.42 Å². The van der Waals surface area contributed by atoms with Crippen LogP contribution in [-0.4, -0.2) is 26.0 Å². The minimum Gasteiger partial charge on any atom is -0.279 e. The van der Waals surface area contributed by atoms with Crippen LogP contribution in [0.25, 0.3) is 0 Å². The van der Waals surface area contributed by atoms with E-state index in [4.69, 9.17) is 34.8 Å². The van der Waals surface area contributed by atoms with Gasteiger partial charge in [0.25, 0.3) is 0 Å². The maximum atomic E-state index is 11.9. The van der Waals surface area contributed by atoms with Crippen LogP contribution in [0.15, 0.2) is 18.2 Å². The van der Waals surface area contributed by atoms with Crippen molar-refractivity contribution in [3.8, 4) is 0 Å². The Morgan fingerprint density at radius 3 is 2.17 bits per heavy atom. The first-order valence-electron chi connectivity index (χ1n) is 4.92. The molecule has 0 aliphatic heterocycles. The molecule has 8 heteroatoms. The molecule has 0 spiro atoms. The first-order chi connectivity index (χ1) is 8.29. The normalized spacial score (nSPS) is 11.3. The number of anilines is 1. The van der Waals surface area contributed by atoms with Crippen molar-refractivity contribution < 1.29 is 13.2 Å². The van der Waals surface area contributed by atoms with Crippen LogP contribution < -0.4 is 4.31 Å². The summed E-state index contributed by atoms with van der Waals surface area (Å²) in [7, 11) is -3.69. The Kier molecular flexibility index (Phi) is 5.28. The average Bonchev–Trinajstić information content (AvgIpc) is 2.27. The van der Waals surface area contributed by atoms with E-state index in [1.807, 2.05) is 0 Å². The lowest BCUT2D eigenvalue weighted by atomic mass is 10.3. The third-order valence-corrected chi connectivity index (χ3v) is 4.60. The monoisotopic (exact) mass is 329 g/mol. The molecule has 100 valence electrons. The first-order valence-corrected chi connectivity index (χ1v) is 7.66. The van der Waals surface area contributed by atoms with Crippen molar-refractivity contribution in [1.29, 1.82) is 0 Å². The third kappa shape index (κ3) is 3.51. The number of benzene rings is 1. The minimum absolute atomic E-state index is 0.0664. The fraction of sp³-hybridized carbons (Fsp3) is 0.300. The van der Waals surface area contributed by atoms with Crippen LogP contribution >= 0.6 is 34.8 Å². The van der Waals surface area contributed by atoms with E-state index >= 15 is 0 Å². The molecular formula is C10H10Cl3NO3S. The Hall–Kier alpha value is -0.490. The van der Waals surface area contributed by atoms with Gasteiger partial charge >= 0.3 is 0 Å². The van der Waals surface area contributed by atoms with Crippen molar-refractivity contribution in [2.75, 3.05) is 16.6 Å². The summed E-state index contributed by atoms with van der Waals surface area (Å²) in [6.45, 7) is 0.937. The molecule has 1 aromatic carbocycles. The lowest BCUT2D eigenvalue weighted by Gasteiger charge is -2.24. The van der Waals surface area contributed by atoms with Crippen LogP contribution in [0.4, 0.5) is 5.69 Å². The standard InChI is InChI=1S/C10H10Cl3NO3S/c1-2-18(16,17)14(6-9(13)15)10-7(11)4-3-5-8(10)12/h3-5H,2,6H2,1H3. The van der Waals surface area contributed by atoms with Gasteiger partial charge in [-0.15, -0.1) is 0 Å². The van der Waals surface area contributed by atoms with E-state index in [1.54, 1.807) is 6.07 Å². The molecular weight excluding hydrogens is 321 g/mol. The van der Waals surface area contributed by atoms with Gasteiger partial charge in [0.2, 0.25) is 15.3 Å². The Morgan fingerprint density at radius 2 is 1.78 bits per heavy atom. The highest BCUT2D eigenvalue weighted by Gasteiger charge is 2.26. The van der Waals surface area contributed by atoms with E-state index in [0.717, 1.165) is 4.31 Å². The SMILES string of the molecule is CCS(=O)(=O)N(CC(=O)Cl)c1c(Cl)cccc1Cl. The van der Waals surface area contributed by atoms with Crippen molar-refractivity contribution >= 4 is 55.8 Å². The van der Waals surface area contributed by atoms with Gasteiger partial charge in [0.15, 0.2) is 0 Å². The van der Waals surface area contributed by atoms with Crippen LogP contribution in [0.5, 0.6) is 0 Å². The summed E-state index contributed by atoms with van der Waals surface area (Å²) in [5, 5.41) is -0.544. The summed E-state index contributed by atoms with van der Waals surface area (Å²) in [5.41, 5.74) is 0.0664. The van der Waals surface area contributed by atoms with Crippen molar-refractivity contribution in [3.05, 3.63) is 28.2 Å². The second-order valence-corrected chi connectivity index (χ2v) is 6.75. The Balaban J connectivity index is 3.40. The van der Waals surface area contributed by atoms with E-state index in [2.05, 4.69) is 0 Å². The first kappa shape index (κ1) is 15.6. The topological polar surface area (TPSA) is 54.5 Å². The fourth-order valence-electron chi connectivity index (χ4n) is 1.31. The highest BCUT2D eigenvalue weighted by atomic mass is 35.5. The minimum atomic E-state index is -3.69. The summed E-state index contributed by atoms with van der Waals surface area (Å²) in [4.78, 5) is 11.0. The lowest BCUT2D eigenvalue weighted by Crippen LogP contribution is -2.36.